The molecule has 0 aromatic rings. The monoisotopic (exact) mass is 116 g/mol. The van der Waals surface area contributed by atoms with Gasteiger partial charge < -0.3 is 9.90 Å². The summed E-state index contributed by atoms with van der Waals surface area (Å²) in [4.78, 5) is 9.74. The minimum absolute atomic E-state index is 0.188. The fraction of sp³-hybridized carbons (Fsp3) is 0.833. The summed E-state index contributed by atoms with van der Waals surface area (Å²) in [6, 6.07) is 0. The van der Waals surface area contributed by atoms with E-state index in [1.807, 2.05) is 6.92 Å². The Hall–Kier alpha value is -0.370. The van der Waals surface area contributed by atoms with Gasteiger partial charge in [0.2, 0.25) is 0 Å². The first-order valence-corrected chi connectivity index (χ1v) is 2.85. The SMILES string of the molecule is C[C@@H](CO)CCC=O. The molecule has 0 aromatic carbocycles. The van der Waals surface area contributed by atoms with Gasteiger partial charge in [-0.1, -0.05) is 6.92 Å². The largest absolute Gasteiger partial charge is 0.396 e. The third-order valence-electron chi connectivity index (χ3n) is 1.09. The van der Waals surface area contributed by atoms with Crippen molar-refractivity contribution in [3.63, 3.8) is 0 Å². The Labute approximate surface area is 49.5 Å². The minimum Gasteiger partial charge on any atom is -0.396 e. The normalized spacial score (nSPS) is 13.2. The van der Waals surface area contributed by atoms with Crippen LogP contribution in [0.5, 0.6) is 0 Å². The molecule has 0 radical (unpaired) electrons. The maximum absolute atomic E-state index is 9.74. The highest BCUT2D eigenvalue weighted by atomic mass is 16.3. The molecule has 0 spiro atoms. The van der Waals surface area contributed by atoms with Gasteiger partial charge in [0.05, 0.1) is 0 Å². The zero-order valence-electron chi connectivity index (χ0n) is 5.13. The molecule has 2 nitrogen and oxygen atoms in total. The molecular weight excluding hydrogens is 104 g/mol. The topological polar surface area (TPSA) is 37.3 Å². The number of aliphatic hydroxyl groups is 1. The van der Waals surface area contributed by atoms with Gasteiger partial charge in [-0.3, -0.25) is 0 Å². The van der Waals surface area contributed by atoms with Gasteiger partial charge in [0.25, 0.3) is 0 Å². The van der Waals surface area contributed by atoms with Crippen LogP contribution in [-0.2, 0) is 4.79 Å². The third kappa shape index (κ3) is 3.81. The van der Waals surface area contributed by atoms with Crippen LogP contribution in [0.2, 0.25) is 0 Å². The fourth-order valence-electron chi connectivity index (χ4n) is 0.444. The van der Waals surface area contributed by atoms with Gasteiger partial charge in [0, 0.05) is 13.0 Å². The van der Waals surface area contributed by atoms with Crippen LogP contribution in [0.25, 0.3) is 0 Å². The molecule has 2 heteroatoms. The van der Waals surface area contributed by atoms with E-state index >= 15 is 0 Å². The van der Waals surface area contributed by atoms with Gasteiger partial charge in [0.1, 0.15) is 6.29 Å². The summed E-state index contributed by atoms with van der Waals surface area (Å²) in [7, 11) is 0. The van der Waals surface area contributed by atoms with Gasteiger partial charge in [-0.15, -0.1) is 0 Å². The molecule has 48 valence electrons. The molecule has 0 bridgehead atoms. The Morgan fingerprint density at radius 1 is 1.75 bits per heavy atom. The van der Waals surface area contributed by atoms with E-state index in [-0.39, 0.29) is 12.5 Å². The van der Waals surface area contributed by atoms with Crippen LogP contribution in [0.1, 0.15) is 19.8 Å². The van der Waals surface area contributed by atoms with Gasteiger partial charge in [-0.25, -0.2) is 0 Å². The zero-order valence-corrected chi connectivity index (χ0v) is 5.13. The molecule has 0 saturated carbocycles. The van der Waals surface area contributed by atoms with Crippen molar-refractivity contribution in [3.05, 3.63) is 0 Å². The lowest BCUT2D eigenvalue weighted by atomic mass is 10.1. The molecular formula is C6H12O2. The first kappa shape index (κ1) is 7.63. The van der Waals surface area contributed by atoms with Crippen LogP contribution in [0.3, 0.4) is 0 Å². The molecule has 0 amide bonds. The van der Waals surface area contributed by atoms with Crippen molar-refractivity contribution in [2.45, 2.75) is 19.8 Å². The standard InChI is InChI=1S/C6H12O2/c1-6(5-8)3-2-4-7/h4,6,8H,2-3,5H2,1H3/t6-/m1/s1. The second-order valence-corrected chi connectivity index (χ2v) is 2.03. The number of rotatable bonds is 4. The molecule has 0 rings (SSSR count). The fourth-order valence-corrected chi connectivity index (χ4v) is 0.444. The Morgan fingerprint density at radius 2 is 2.38 bits per heavy atom. The Morgan fingerprint density at radius 3 is 2.75 bits per heavy atom. The summed E-state index contributed by atoms with van der Waals surface area (Å²) in [5, 5.41) is 8.45. The van der Waals surface area contributed by atoms with Crippen molar-refractivity contribution >= 4 is 6.29 Å². The number of hydrogen-bond donors (Lipinski definition) is 1. The van der Waals surface area contributed by atoms with Crippen molar-refractivity contribution < 1.29 is 9.90 Å². The van der Waals surface area contributed by atoms with Crippen LogP contribution < -0.4 is 0 Å². The van der Waals surface area contributed by atoms with Gasteiger partial charge in [-0.2, -0.15) is 0 Å². The summed E-state index contributed by atoms with van der Waals surface area (Å²) < 4.78 is 0. The van der Waals surface area contributed by atoms with Crippen LogP contribution in [0, 0.1) is 5.92 Å². The van der Waals surface area contributed by atoms with E-state index in [0.717, 1.165) is 12.7 Å². The zero-order chi connectivity index (χ0) is 6.41. The third-order valence-corrected chi connectivity index (χ3v) is 1.09. The van der Waals surface area contributed by atoms with E-state index in [9.17, 15) is 4.79 Å². The Kier molecular flexibility index (Phi) is 4.56. The maximum atomic E-state index is 9.74. The van der Waals surface area contributed by atoms with Crippen LogP contribution in [0.4, 0.5) is 0 Å². The van der Waals surface area contributed by atoms with Crippen LogP contribution >= 0.6 is 0 Å². The van der Waals surface area contributed by atoms with Crippen LogP contribution in [-0.4, -0.2) is 18.0 Å². The van der Waals surface area contributed by atoms with Gasteiger partial charge in [0.15, 0.2) is 0 Å². The van der Waals surface area contributed by atoms with Crippen molar-refractivity contribution in [1.82, 2.24) is 0 Å². The first-order chi connectivity index (χ1) is 3.81. The van der Waals surface area contributed by atoms with Crippen molar-refractivity contribution in [1.29, 1.82) is 0 Å². The number of carbonyl (C=O) groups excluding carboxylic acids is 1. The summed E-state index contributed by atoms with van der Waals surface area (Å²) in [6.45, 7) is 2.11. The van der Waals surface area contributed by atoms with E-state index in [1.165, 1.54) is 0 Å². The molecule has 0 fully saturated rings. The summed E-state index contributed by atoms with van der Waals surface area (Å²) in [5.74, 6) is 0.278. The first-order valence-electron chi connectivity index (χ1n) is 2.85. The van der Waals surface area contributed by atoms with Gasteiger partial charge in [-0.05, 0) is 12.3 Å². The molecule has 0 aliphatic heterocycles. The van der Waals surface area contributed by atoms with Crippen molar-refractivity contribution in [3.8, 4) is 0 Å². The van der Waals surface area contributed by atoms with Crippen molar-refractivity contribution in [2.75, 3.05) is 6.61 Å². The molecule has 0 aliphatic carbocycles. The molecule has 8 heavy (non-hydrogen) atoms. The average molecular weight is 116 g/mol. The van der Waals surface area contributed by atoms with E-state index in [0.29, 0.717) is 6.42 Å². The van der Waals surface area contributed by atoms with E-state index in [2.05, 4.69) is 0 Å². The predicted molar refractivity (Wildman–Crippen MR) is 31.5 cm³/mol. The molecule has 0 aromatic heterocycles. The number of aldehydes is 1. The molecule has 0 heterocycles. The van der Waals surface area contributed by atoms with Crippen LogP contribution in [0.15, 0.2) is 0 Å². The maximum Gasteiger partial charge on any atom is 0.120 e. The van der Waals surface area contributed by atoms with E-state index in [1.54, 1.807) is 0 Å². The smallest absolute Gasteiger partial charge is 0.120 e. The summed E-state index contributed by atoms with van der Waals surface area (Å²) >= 11 is 0. The molecule has 0 saturated heterocycles. The second-order valence-electron chi connectivity index (χ2n) is 2.03. The molecule has 0 aliphatic rings. The second kappa shape index (κ2) is 4.78. The number of hydrogen-bond acceptors (Lipinski definition) is 2. The van der Waals surface area contributed by atoms with E-state index in [4.69, 9.17) is 5.11 Å². The highest BCUT2D eigenvalue weighted by Crippen LogP contribution is 2.00. The molecule has 1 N–H and O–H groups in total. The Bertz CT molecular complexity index is 61.5. The lowest BCUT2D eigenvalue weighted by Gasteiger charge is -2.01. The quantitative estimate of drug-likeness (QED) is 0.546. The highest BCUT2D eigenvalue weighted by Gasteiger charge is 1.96. The minimum atomic E-state index is 0.188. The molecule has 1 atom stereocenters. The number of carbonyl (C=O) groups is 1. The average Bonchev–Trinajstić information content (AvgIpc) is 1.83. The van der Waals surface area contributed by atoms with E-state index < -0.39 is 0 Å². The summed E-state index contributed by atoms with van der Waals surface area (Å²) in [6.07, 6.45) is 2.26. The van der Waals surface area contributed by atoms with Crippen molar-refractivity contribution in [2.24, 2.45) is 5.92 Å². The number of aliphatic hydroxyl groups excluding tert-OH is 1. The lowest BCUT2D eigenvalue weighted by Crippen LogP contribution is -1.99. The summed E-state index contributed by atoms with van der Waals surface area (Å²) in [5.41, 5.74) is 0. The highest BCUT2D eigenvalue weighted by molar-refractivity contribution is 5.49. The lowest BCUT2D eigenvalue weighted by molar-refractivity contribution is -0.108. The predicted octanol–water partition coefficient (Wildman–Crippen LogP) is 0.594. The Balaban J connectivity index is 2.97. The van der Waals surface area contributed by atoms with Gasteiger partial charge >= 0.3 is 0 Å². The molecule has 0 unspecified atom stereocenters.